The van der Waals surface area contributed by atoms with E-state index in [-0.39, 0.29) is 11.7 Å². The summed E-state index contributed by atoms with van der Waals surface area (Å²) in [5.74, 6) is 0.747. The smallest absolute Gasteiger partial charge is 0.289 e. The molecule has 0 saturated heterocycles. The Balaban J connectivity index is 1.70. The van der Waals surface area contributed by atoms with Crippen molar-refractivity contribution in [1.29, 1.82) is 0 Å². The number of benzene rings is 1. The number of hydrogen-bond acceptors (Lipinski definition) is 3. The summed E-state index contributed by atoms with van der Waals surface area (Å²) < 4.78 is 5.07. The molecule has 4 nitrogen and oxygen atoms in total. The third-order valence-electron chi connectivity index (χ3n) is 3.05. The van der Waals surface area contributed by atoms with E-state index in [0.717, 1.165) is 12.1 Å². The van der Waals surface area contributed by atoms with E-state index < -0.39 is 0 Å². The fourth-order valence-corrected chi connectivity index (χ4v) is 1.77. The molecule has 92 valence electrons. The highest BCUT2D eigenvalue weighted by Gasteiger charge is 2.23. The molecule has 1 aromatic carbocycles. The number of carbonyl (C=O) groups is 1. The zero-order chi connectivity index (χ0) is 12.4. The summed E-state index contributed by atoms with van der Waals surface area (Å²) in [6.45, 7) is 0.736. The van der Waals surface area contributed by atoms with Crippen molar-refractivity contribution in [2.24, 2.45) is 5.92 Å². The van der Waals surface area contributed by atoms with Crippen LogP contribution in [0.1, 0.15) is 23.4 Å². The van der Waals surface area contributed by atoms with Crippen LogP contribution >= 0.6 is 0 Å². The zero-order valence-electron chi connectivity index (χ0n) is 9.93. The van der Waals surface area contributed by atoms with E-state index >= 15 is 0 Å². The van der Waals surface area contributed by atoms with Crippen LogP contribution in [0.5, 0.6) is 0 Å². The Labute approximate surface area is 105 Å². The molecule has 1 amide bonds. The molecule has 4 heteroatoms. The van der Waals surface area contributed by atoms with Crippen LogP contribution in [0.25, 0.3) is 11.3 Å². The average molecular weight is 242 g/mol. The first kappa shape index (κ1) is 11.0. The second-order valence-corrected chi connectivity index (χ2v) is 4.60. The molecule has 1 aliphatic carbocycles. The summed E-state index contributed by atoms with van der Waals surface area (Å²) >= 11 is 0. The molecule has 1 fully saturated rings. The van der Waals surface area contributed by atoms with Crippen LogP contribution in [0.15, 0.2) is 40.9 Å². The van der Waals surface area contributed by atoms with Crippen LogP contribution in [0.3, 0.4) is 0 Å². The van der Waals surface area contributed by atoms with Crippen molar-refractivity contribution < 1.29 is 9.32 Å². The average Bonchev–Trinajstić information content (AvgIpc) is 3.11. The summed E-state index contributed by atoms with van der Waals surface area (Å²) in [5, 5.41) is 6.77. The SMILES string of the molecule is O=C(NCC1CC1)c1cc(-c2ccccc2)no1. The van der Waals surface area contributed by atoms with Crippen LogP contribution in [0, 0.1) is 5.92 Å². The van der Waals surface area contributed by atoms with Crippen molar-refractivity contribution in [3.8, 4) is 11.3 Å². The molecule has 2 aromatic rings. The molecule has 0 bridgehead atoms. The van der Waals surface area contributed by atoms with Crippen molar-refractivity contribution in [2.45, 2.75) is 12.8 Å². The minimum absolute atomic E-state index is 0.184. The van der Waals surface area contributed by atoms with Gasteiger partial charge in [-0.05, 0) is 18.8 Å². The van der Waals surface area contributed by atoms with Crippen LogP contribution in [0.4, 0.5) is 0 Å². The molecule has 0 atom stereocenters. The predicted octanol–water partition coefficient (Wildman–Crippen LogP) is 2.48. The maximum Gasteiger partial charge on any atom is 0.289 e. The van der Waals surface area contributed by atoms with Gasteiger partial charge in [0.15, 0.2) is 0 Å². The number of hydrogen-bond donors (Lipinski definition) is 1. The second kappa shape index (κ2) is 4.64. The fraction of sp³-hybridized carbons (Fsp3) is 0.286. The third kappa shape index (κ3) is 2.42. The number of nitrogens with one attached hydrogen (secondary N) is 1. The summed E-state index contributed by atoms with van der Waals surface area (Å²) in [7, 11) is 0. The Morgan fingerprint density at radius 3 is 2.83 bits per heavy atom. The maximum absolute atomic E-state index is 11.8. The first-order chi connectivity index (χ1) is 8.83. The van der Waals surface area contributed by atoms with E-state index in [1.165, 1.54) is 12.8 Å². The number of rotatable bonds is 4. The minimum atomic E-state index is -0.184. The molecule has 1 saturated carbocycles. The predicted molar refractivity (Wildman–Crippen MR) is 67.0 cm³/mol. The van der Waals surface area contributed by atoms with Gasteiger partial charge >= 0.3 is 0 Å². The second-order valence-electron chi connectivity index (χ2n) is 4.60. The van der Waals surface area contributed by atoms with E-state index in [9.17, 15) is 4.79 Å². The summed E-state index contributed by atoms with van der Waals surface area (Å²) in [6, 6.07) is 11.3. The van der Waals surface area contributed by atoms with Gasteiger partial charge in [-0.1, -0.05) is 35.5 Å². The molecule has 0 spiro atoms. The number of carbonyl (C=O) groups excluding carboxylic acids is 1. The Bertz CT molecular complexity index is 544. The first-order valence-corrected chi connectivity index (χ1v) is 6.13. The van der Waals surface area contributed by atoms with Crippen LogP contribution < -0.4 is 5.32 Å². The minimum Gasteiger partial charge on any atom is -0.350 e. The summed E-state index contributed by atoms with van der Waals surface area (Å²) in [5.41, 5.74) is 1.63. The normalized spacial score (nSPS) is 14.4. The van der Waals surface area contributed by atoms with Crippen molar-refractivity contribution in [2.75, 3.05) is 6.54 Å². The Morgan fingerprint density at radius 1 is 1.33 bits per heavy atom. The van der Waals surface area contributed by atoms with Crippen molar-refractivity contribution in [3.63, 3.8) is 0 Å². The van der Waals surface area contributed by atoms with Gasteiger partial charge in [0.25, 0.3) is 5.91 Å². The molecule has 0 unspecified atom stereocenters. The number of nitrogens with zero attached hydrogens (tertiary/aromatic N) is 1. The lowest BCUT2D eigenvalue weighted by molar-refractivity contribution is 0.0915. The largest absolute Gasteiger partial charge is 0.350 e. The number of amides is 1. The summed E-state index contributed by atoms with van der Waals surface area (Å²) in [6.07, 6.45) is 2.43. The molecule has 1 heterocycles. The van der Waals surface area contributed by atoms with Crippen molar-refractivity contribution >= 4 is 5.91 Å². The lowest BCUT2D eigenvalue weighted by Crippen LogP contribution is -2.24. The standard InChI is InChI=1S/C14H14N2O2/c17-14(15-9-10-6-7-10)13-8-12(16-18-13)11-4-2-1-3-5-11/h1-5,8,10H,6-7,9H2,(H,15,17). The van der Waals surface area contributed by atoms with E-state index in [1.807, 2.05) is 30.3 Å². The molecule has 1 N–H and O–H groups in total. The van der Waals surface area contributed by atoms with E-state index in [1.54, 1.807) is 6.07 Å². The van der Waals surface area contributed by atoms with E-state index in [4.69, 9.17) is 4.52 Å². The van der Waals surface area contributed by atoms with Crippen LogP contribution in [0.2, 0.25) is 0 Å². The van der Waals surface area contributed by atoms with Gasteiger partial charge in [-0.25, -0.2) is 0 Å². The molecule has 0 radical (unpaired) electrons. The van der Waals surface area contributed by atoms with E-state index in [2.05, 4.69) is 10.5 Å². The van der Waals surface area contributed by atoms with Gasteiger partial charge in [0.1, 0.15) is 5.69 Å². The molecule has 1 aliphatic rings. The Kier molecular flexibility index (Phi) is 2.84. The lowest BCUT2D eigenvalue weighted by Gasteiger charge is -1.98. The molecule has 0 aliphatic heterocycles. The molecule has 18 heavy (non-hydrogen) atoms. The molecular formula is C14H14N2O2. The highest BCUT2D eigenvalue weighted by atomic mass is 16.5. The van der Waals surface area contributed by atoms with Gasteiger partial charge in [-0.2, -0.15) is 0 Å². The maximum atomic E-state index is 11.8. The van der Waals surface area contributed by atoms with E-state index in [0.29, 0.717) is 11.6 Å². The van der Waals surface area contributed by atoms with Crippen molar-refractivity contribution in [3.05, 3.63) is 42.2 Å². The first-order valence-electron chi connectivity index (χ1n) is 6.13. The zero-order valence-corrected chi connectivity index (χ0v) is 9.93. The molecule has 3 rings (SSSR count). The Morgan fingerprint density at radius 2 is 2.11 bits per heavy atom. The Hall–Kier alpha value is -2.10. The van der Waals surface area contributed by atoms with Gasteiger partial charge in [0, 0.05) is 18.2 Å². The molecule has 1 aromatic heterocycles. The van der Waals surface area contributed by atoms with Crippen LogP contribution in [-0.2, 0) is 0 Å². The van der Waals surface area contributed by atoms with Crippen LogP contribution in [-0.4, -0.2) is 17.6 Å². The van der Waals surface area contributed by atoms with Gasteiger partial charge < -0.3 is 9.84 Å². The van der Waals surface area contributed by atoms with Gasteiger partial charge in [0.05, 0.1) is 0 Å². The summed E-state index contributed by atoms with van der Waals surface area (Å²) in [4.78, 5) is 11.8. The van der Waals surface area contributed by atoms with Crippen molar-refractivity contribution in [1.82, 2.24) is 10.5 Å². The highest BCUT2D eigenvalue weighted by molar-refractivity contribution is 5.92. The van der Waals surface area contributed by atoms with Gasteiger partial charge in [-0.3, -0.25) is 4.79 Å². The van der Waals surface area contributed by atoms with Gasteiger partial charge in [-0.15, -0.1) is 0 Å². The fourth-order valence-electron chi connectivity index (χ4n) is 1.77. The monoisotopic (exact) mass is 242 g/mol. The number of aromatic nitrogens is 1. The quantitative estimate of drug-likeness (QED) is 0.896. The topological polar surface area (TPSA) is 55.1 Å². The highest BCUT2D eigenvalue weighted by Crippen LogP contribution is 2.27. The third-order valence-corrected chi connectivity index (χ3v) is 3.05. The lowest BCUT2D eigenvalue weighted by atomic mass is 10.1. The van der Waals surface area contributed by atoms with Gasteiger partial charge in [0.2, 0.25) is 5.76 Å². The molecular weight excluding hydrogens is 228 g/mol.